The summed E-state index contributed by atoms with van der Waals surface area (Å²) in [5, 5.41) is 10.3. The minimum atomic E-state index is -0.335. The van der Waals surface area contributed by atoms with Gasteiger partial charge in [-0.3, -0.25) is 0 Å². The third kappa shape index (κ3) is 7.50. The summed E-state index contributed by atoms with van der Waals surface area (Å²) in [6.45, 7) is 21.6. The minimum absolute atomic E-state index is 0.00935. The molecule has 10 aromatic carbocycles. The fourth-order valence-electron chi connectivity index (χ4n) is 14.8. The van der Waals surface area contributed by atoms with E-state index in [1.165, 1.54) is 114 Å². The normalized spacial score (nSPS) is 15.3. The van der Waals surface area contributed by atoms with Crippen LogP contribution in [0.1, 0.15) is 103 Å². The molecule has 3 aromatic heterocycles. The number of rotatable bonds is 7. The molecule has 0 atom stereocenters. The first kappa shape index (κ1) is 50.2. The molecule has 0 saturated carbocycles. The molecule has 0 unspecified atom stereocenters. The van der Waals surface area contributed by atoms with E-state index in [2.05, 4.69) is 277 Å². The Morgan fingerprint density at radius 1 is 0.542 bits per heavy atom. The van der Waals surface area contributed by atoms with Crippen molar-refractivity contribution >= 4 is 111 Å². The third-order valence-corrected chi connectivity index (χ3v) is 20.5. The topological polar surface area (TPSA) is 33.3 Å². The molecule has 3 aliphatic rings. The number of fused-ring (bicyclic) bond motifs is 15. The number of hydrogen-bond acceptors (Lipinski definition) is 4. The van der Waals surface area contributed by atoms with Crippen LogP contribution >= 0.6 is 11.3 Å². The zero-order valence-electron chi connectivity index (χ0n) is 48.9. The first-order valence-electron chi connectivity index (χ1n) is 29.7. The fourth-order valence-corrected chi connectivity index (χ4v) is 16.0. The van der Waals surface area contributed by atoms with E-state index in [-0.39, 0.29) is 21.7 Å². The van der Waals surface area contributed by atoms with Gasteiger partial charge in [-0.05, 0) is 186 Å². The van der Waals surface area contributed by atoms with Gasteiger partial charge in [0.1, 0.15) is 11.2 Å². The average molecular weight is 1090 g/mol. The molecule has 0 radical (unpaired) electrons. The van der Waals surface area contributed by atoms with Gasteiger partial charge in [-0.25, -0.2) is 0 Å². The van der Waals surface area contributed by atoms with Gasteiger partial charge >= 0.3 is 0 Å². The molecule has 0 saturated heterocycles. The van der Waals surface area contributed by atoms with Crippen LogP contribution in [0.2, 0.25) is 0 Å². The highest BCUT2D eigenvalue weighted by atomic mass is 32.1. The van der Waals surface area contributed by atoms with Crippen molar-refractivity contribution in [2.24, 2.45) is 0 Å². The molecular formula is C77H66BN3OS. The van der Waals surface area contributed by atoms with E-state index in [1.807, 2.05) is 11.3 Å². The van der Waals surface area contributed by atoms with Crippen molar-refractivity contribution in [2.45, 2.75) is 96.8 Å². The Hall–Kier alpha value is -8.58. The lowest BCUT2D eigenvalue weighted by Gasteiger charge is -2.42. The number of anilines is 5. The van der Waals surface area contributed by atoms with Crippen LogP contribution in [0.5, 0.6) is 0 Å². The predicted octanol–water partition coefficient (Wildman–Crippen LogP) is 20.1. The maximum Gasteiger partial charge on any atom is 0.211 e. The summed E-state index contributed by atoms with van der Waals surface area (Å²) in [6, 6.07) is 75.0. The van der Waals surface area contributed by atoms with Crippen molar-refractivity contribution in [3.05, 3.63) is 228 Å². The SMILES string of the molecule is CC(C)(C)c1ccc(Nc2cc3c(cc2-c2c4c5c(c6cc7c(cc6n5-c5c(sc6ccc(-c8ccccc8)cc56)B4)C(C)(C)CCC7(C)C)c4oc5ccccc5c24)-c2ccc(N(c4ccccc4)c4ccccc4)cc2C3(C)C)cc1. The van der Waals surface area contributed by atoms with Gasteiger partial charge in [-0.1, -0.05) is 172 Å². The van der Waals surface area contributed by atoms with Gasteiger partial charge in [0.25, 0.3) is 0 Å². The summed E-state index contributed by atoms with van der Waals surface area (Å²) >= 11 is 1.96. The minimum Gasteiger partial charge on any atom is -0.455 e. The van der Waals surface area contributed by atoms with E-state index in [9.17, 15) is 0 Å². The first-order valence-corrected chi connectivity index (χ1v) is 30.6. The molecule has 0 amide bonds. The molecule has 2 aliphatic carbocycles. The second kappa shape index (κ2) is 17.7. The van der Waals surface area contributed by atoms with E-state index >= 15 is 0 Å². The second-order valence-corrected chi connectivity index (χ2v) is 27.9. The Bertz CT molecular complexity index is 4800. The average Bonchev–Trinajstić information content (AvgIpc) is 2.69. The van der Waals surface area contributed by atoms with Crippen molar-refractivity contribution in [1.82, 2.24) is 4.57 Å². The molecule has 0 spiro atoms. The molecule has 0 fully saturated rings. The van der Waals surface area contributed by atoms with Crippen molar-refractivity contribution in [1.29, 1.82) is 0 Å². The van der Waals surface area contributed by atoms with Crippen LogP contribution in [0, 0.1) is 0 Å². The number of para-hydroxylation sites is 3. The van der Waals surface area contributed by atoms with Crippen LogP contribution in [-0.2, 0) is 21.7 Å². The molecule has 83 heavy (non-hydrogen) atoms. The monoisotopic (exact) mass is 1090 g/mol. The van der Waals surface area contributed by atoms with Crippen LogP contribution in [-0.4, -0.2) is 11.8 Å². The summed E-state index contributed by atoms with van der Waals surface area (Å²) < 4.78 is 12.9. The van der Waals surface area contributed by atoms with Crippen LogP contribution in [0.25, 0.3) is 92.9 Å². The smallest absolute Gasteiger partial charge is 0.211 e. The van der Waals surface area contributed by atoms with Crippen molar-refractivity contribution in [3.8, 4) is 39.1 Å². The number of thiophene rings is 1. The number of furan rings is 1. The molecule has 404 valence electrons. The number of nitrogens with one attached hydrogen (secondary N) is 1. The molecule has 13 aromatic rings. The Morgan fingerprint density at radius 3 is 1.89 bits per heavy atom. The Morgan fingerprint density at radius 2 is 1.19 bits per heavy atom. The third-order valence-electron chi connectivity index (χ3n) is 19.4. The van der Waals surface area contributed by atoms with E-state index in [4.69, 9.17) is 4.42 Å². The lowest BCUT2D eigenvalue weighted by Crippen LogP contribution is -2.35. The van der Waals surface area contributed by atoms with Gasteiger partial charge in [-0.2, -0.15) is 0 Å². The van der Waals surface area contributed by atoms with E-state index < -0.39 is 0 Å². The fraction of sp³-hybridized carbons (Fsp3) is 0.195. The summed E-state index contributed by atoms with van der Waals surface area (Å²) in [6.07, 6.45) is 2.28. The first-order chi connectivity index (χ1) is 40.0. The highest BCUT2D eigenvalue weighted by molar-refractivity contribution is 7.29. The molecular weight excluding hydrogens is 1030 g/mol. The van der Waals surface area contributed by atoms with Gasteiger partial charge in [0, 0.05) is 65.7 Å². The van der Waals surface area contributed by atoms with Gasteiger partial charge in [0.2, 0.25) is 7.28 Å². The number of aromatic nitrogens is 1. The van der Waals surface area contributed by atoms with Gasteiger partial charge in [-0.15, -0.1) is 11.3 Å². The van der Waals surface area contributed by atoms with E-state index in [1.54, 1.807) is 0 Å². The quantitative estimate of drug-likeness (QED) is 0.162. The van der Waals surface area contributed by atoms with Crippen molar-refractivity contribution in [3.63, 3.8) is 0 Å². The van der Waals surface area contributed by atoms with Gasteiger partial charge in [0.15, 0.2) is 0 Å². The van der Waals surface area contributed by atoms with Gasteiger partial charge < -0.3 is 19.2 Å². The molecule has 4 nitrogen and oxygen atoms in total. The van der Waals surface area contributed by atoms with Crippen LogP contribution in [0.15, 0.2) is 205 Å². The van der Waals surface area contributed by atoms with Gasteiger partial charge in [0.05, 0.1) is 22.1 Å². The van der Waals surface area contributed by atoms with Crippen molar-refractivity contribution in [2.75, 3.05) is 10.2 Å². The highest BCUT2D eigenvalue weighted by Crippen LogP contribution is 2.56. The number of benzene rings is 10. The van der Waals surface area contributed by atoms with Crippen LogP contribution in [0.4, 0.5) is 28.4 Å². The summed E-state index contributed by atoms with van der Waals surface area (Å²) in [7, 11) is 0.778. The van der Waals surface area contributed by atoms with E-state index in [0.717, 1.165) is 65.1 Å². The van der Waals surface area contributed by atoms with Crippen LogP contribution in [0.3, 0.4) is 0 Å². The summed E-state index contributed by atoms with van der Waals surface area (Å²) in [4.78, 5) is 2.39. The maximum atomic E-state index is 7.50. The van der Waals surface area contributed by atoms with Crippen LogP contribution < -0.4 is 20.5 Å². The Labute approximate surface area is 491 Å². The second-order valence-electron chi connectivity index (χ2n) is 26.8. The highest BCUT2D eigenvalue weighted by Gasteiger charge is 2.42. The largest absolute Gasteiger partial charge is 0.455 e. The molecule has 4 heterocycles. The lowest BCUT2D eigenvalue weighted by atomic mass is 9.62. The molecule has 6 heteroatoms. The standard InChI is InChI=1S/C77H66BN3OS/c1-74(2,3)47-30-32-48(33-31-47)79-62-43-59-54(52-35-34-51(40-58(52)77(59,8)9)80(49-23-15-11-16-24-49)50-25-17-12-18-26-50)41-55(62)66-67-53-27-19-20-28-64(53)82-72(67)68-56-42-60-61(76(6,7)38-37-75(60,4)5)44-63(56)81-70-57-39-46(45-21-13-10-14-22-45)29-36-65(57)83-73(70)78-69(66)71(68)81/h10-36,39-44,78-79H,37-38H2,1-9H3. The number of nitrogens with zero attached hydrogens (tertiary/aromatic N) is 2. The molecule has 1 aliphatic heterocycles. The molecule has 16 rings (SSSR count). The number of hydrogen-bond donors (Lipinski definition) is 1. The van der Waals surface area contributed by atoms with E-state index in [0.29, 0.717) is 0 Å². The van der Waals surface area contributed by atoms with Crippen molar-refractivity contribution < 1.29 is 4.42 Å². The summed E-state index contributed by atoms with van der Waals surface area (Å²) in [5.74, 6) is 0. The Kier molecular flexibility index (Phi) is 10.7. The molecule has 1 N–H and O–H groups in total. The zero-order valence-corrected chi connectivity index (χ0v) is 49.7. The molecule has 0 bridgehead atoms. The zero-order chi connectivity index (χ0) is 56.5. The maximum absolute atomic E-state index is 7.50. The Balaban J connectivity index is 1.02. The lowest BCUT2D eigenvalue weighted by molar-refractivity contribution is 0.332. The summed E-state index contributed by atoms with van der Waals surface area (Å²) in [5.41, 5.74) is 26.5. The predicted molar refractivity (Wildman–Crippen MR) is 357 cm³/mol.